The Morgan fingerprint density at radius 1 is 0.914 bits per heavy atom. The molecule has 0 saturated carbocycles. The third-order valence-electron chi connectivity index (χ3n) is 5.06. The van der Waals surface area contributed by atoms with Crippen LogP contribution in [0.3, 0.4) is 0 Å². The molecule has 10 heteroatoms. The van der Waals surface area contributed by atoms with Crippen molar-refractivity contribution >= 4 is 23.6 Å². The number of carbonyl (C=O) groups excluding carboxylic acids is 1. The van der Waals surface area contributed by atoms with Crippen LogP contribution in [0.25, 0.3) is 17.1 Å². The second kappa shape index (κ2) is 10.3. The van der Waals surface area contributed by atoms with Gasteiger partial charge in [0.25, 0.3) is 0 Å². The van der Waals surface area contributed by atoms with Gasteiger partial charge >= 0.3 is 0 Å². The molecule has 0 aliphatic heterocycles. The molecule has 2 aromatic heterocycles. The fourth-order valence-electron chi connectivity index (χ4n) is 3.45. The van der Waals surface area contributed by atoms with Crippen LogP contribution in [-0.4, -0.2) is 41.2 Å². The highest BCUT2D eigenvalue weighted by Gasteiger charge is 2.18. The number of halogens is 1. The third-order valence-corrected chi connectivity index (χ3v) is 5.99. The van der Waals surface area contributed by atoms with E-state index in [4.69, 9.17) is 0 Å². The molecule has 0 bridgehead atoms. The number of nitrogens with zero attached hydrogens (tertiary/aromatic N) is 6. The molecule has 0 aliphatic rings. The Bertz CT molecular complexity index is 1420. The van der Waals surface area contributed by atoms with E-state index < -0.39 is 0 Å². The highest BCUT2D eigenvalue weighted by atomic mass is 32.2. The van der Waals surface area contributed by atoms with Gasteiger partial charge in [-0.3, -0.25) is 14.7 Å². The molecule has 174 valence electrons. The third kappa shape index (κ3) is 5.44. The van der Waals surface area contributed by atoms with Gasteiger partial charge in [0.05, 0.1) is 12.3 Å². The van der Waals surface area contributed by atoms with Crippen LogP contribution in [0.15, 0.2) is 96.4 Å². The first-order valence-electron chi connectivity index (χ1n) is 10.8. The van der Waals surface area contributed by atoms with E-state index in [-0.39, 0.29) is 23.4 Å². The van der Waals surface area contributed by atoms with Crippen LogP contribution >= 0.6 is 11.8 Å². The summed E-state index contributed by atoms with van der Waals surface area (Å²) in [6.07, 6.45) is 1.58. The van der Waals surface area contributed by atoms with Gasteiger partial charge < -0.3 is 0 Å². The van der Waals surface area contributed by atoms with E-state index in [1.54, 1.807) is 23.1 Å². The van der Waals surface area contributed by atoms with Crippen molar-refractivity contribution in [2.75, 3.05) is 11.1 Å². The maximum absolute atomic E-state index is 13.4. The number of benzene rings is 3. The molecular weight excluding hydrogens is 465 g/mol. The molecule has 0 saturated heterocycles. The van der Waals surface area contributed by atoms with Crippen molar-refractivity contribution in [2.24, 2.45) is 0 Å². The van der Waals surface area contributed by atoms with Crippen molar-refractivity contribution in [3.63, 3.8) is 0 Å². The van der Waals surface area contributed by atoms with E-state index in [1.807, 2.05) is 65.2 Å². The van der Waals surface area contributed by atoms with Crippen LogP contribution in [0.2, 0.25) is 0 Å². The lowest BCUT2D eigenvalue weighted by molar-refractivity contribution is -0.113. The predicted octanol–water partition coefficient (Wildman–Crippen LogP) is 4.44. The van der Waals surface area contributed by atoms with E-state index in [0.29, 0.717) is 23.1 Å². The monoisotopic (exact) mass is 485 g/mol. The smallest absolute Gasteiger partial charge is 0.248 e. The minimum absolute atomic E-state index is 0.0849. The first-order valence-corrected chi connectivity index (χ1v) is 11.8. The van der Waals surface area contributed by atoms with Crippen LogP contribution in [0.4, 0.5) is 10.3 Å². The maximum atomic E-state index is 13.4. The number of carbonyl (C=O) groups is 1. The Balaban J connectivity index is 1.29. The number of nitrogens with one attached hydrogen (secondary N) is 1. The first-order chi connectivity index (χ1) is 17.2. The molecule has 3 aromatic carbocycles. The summed E-state index contributed by atoms with van der Waals surface area (Å²) >= 11 is 1.24. The van der Waals surface area contributed by atoms with E-state index >= 15 is 0 Å². The van der Waals surface area contributed by atoms with Gasteiger partial charge in [-0.25, -0.2) is 14.1 Å². The summed E-state index contributed by atoms with van der Waals surface area (Å²) in [5, 5.41) is 16.2. The summed E-state index contributed by atoms with van der Waals surface area (Å²) in [5.41, 5.74) is 2.64. The van der Waals surface area contributed by atoms with Crippen molar-refractivity contribution < 1.29 is 9.18 Å². The molecule has 5 rings (SSSR count). The Morgan fingerprint density at radius 2 is 1.63 bits per heavy atom. The quantitative estimate of drug-likeness (QED) is 0.327. The van der Waals surface area contributed by atoms with Gasteiger partial charge in [0.15, 0.2) is 11.0 Å². The minimum Gasteiger partial charge on any atom is -0.292 e. The van der Waals surface area contributed by atoms with Crippen LogP contribution < -0.4 is 5.32 Å². The number of hydrogen-bond donors (Lipinski definition) is 1. The van der Waals surface area contributed by atoms with E-state index in [0.717, 1.165) is 11.3 Å². The molecule has 1 amide bonds. The average Bonchev–Trinajstić information content (AvgIpc) is 3.51. The summed E-state index contributed by atoms with van der Waals surface area (Å²) in [6, 6.07) is 25.5. The first kappa shape index (κ1) is 22.5. The topological polar surface area (TPSA) is 90.5 Å². The number of rotatable bonds is 8. The van der Waals surface area contributed by atoms with Gasteiger partial charge in [-0.2, -0.15) is 0 Å². The van der Waals surface area contributed by atoms with E-state index in [9.17, 15) is 9.18 Å². The number of anilines is 1. The number of aromatic nitrogens is 6. The number of hydrogen-bond acceptors (Lipinski definition) is 6. The molecule has 0 unspecified atom stereocenters. The molecule has 8 nitrogen and oxygen atoms in total. The second-order valence-electron chi connectivity index (χ2n) is 7.57. The van der Waals surface area contributed by atoms with Crippen molar-refractivity contribution in [3.8, 4) is 17.1 Å². The molecule has 0 fully saturated rings. The fourth-order valence-corrected chi connectivity index (χ4v) is 4.20. The van der Waals surface area contributed by atoms with Gasteiger partial charge in [-0.1, -0.05) is 60.3 Å². The standard InChI is InChI=1S/C25H20FN7OS/c26-20-13-11-19(12-14-20)23-29-30-25(33(23)21-9-5-2-6-10-21)35-16-22(34)28-24-27-17-32(31-24)15-18-7-3-1-4-8-18/h1-14,17H,15-16H2,(H,28,31,34). The Hall–Kier alpha value is -4.31. The summed E-state index contributed by atoms with van der Waals surface area (Å²) in [5.74, 6) is 0.286. The minimum atomic E-state index is -0.328. The molecule has 5 aromatic rings. The van der Waals surface area contributed by atoms with Crippen LogP contribution in [0.5, 0.6) is 0 Å². The summed E-state index contributed by atoms with van der Waals surface area (Å²) < 4.78 is 16.9. The molecule has 0 radical (unpaired) electrons. The van der Waals surface area contributed by atoms with Gasteiger partial charge in [0, 0.05) is 11.3 Å². The number of para-hydroxylation sites is 1. The zero-order valence-electron chi connectivity index (χ0n) is 18.5. The highest BCUT2D eigenvalue weighted by molar-refractivity contribution is 7.99. The highest BCUT2D eigenvalue weighted by Crippen LogP contribution is 2.28. The van der Waals surface area contributed by atoms with Gasteiger partial charge in [-0.15, -0.1) is 15.3 Å². The zero-order valence-corrected chi connectivity index (χ0v) is 19.3. The maximum Gasteiger partial charge on any atom is 0.248 e. The van der Waals surface area contributed by atoms with Crippen molar-refractivity contribution in [1.82, 2.24) is 29.5 Å². The molecule has 0 aliphatic carbocycles. The number of thioether (sulfide) groups is 1. The SMILES string of the molecule is O=C(CSc1nnc(-c2ccc(F)cc2)n1-c1ccccc1)Nc1ncn(Cc2ccccc2)n1. The molecule has 35 heavy (non-hydrogen) atoms. The van der Waals surface area contributed by atoms with Gasteiger partial charge in [0.1, 0.15) is 12.1 Å². The Labute approximate surface area is 204 Å². The Kier molecular flexibility index (Phi) is 6.62. The summed E-state index contributed by atoms with van der Waals surface area (Å²) in [7, 11) is 0. The van der Waals surface area contributed by atoms with Gasteiger partial charge in [0.2, 0.25) is 11.9 Å². The van der Waals surface area contributed by atoms with Crippen molar-refractivity contribution in [1.29, 1.82) is 0 Å². The second-order valence-corrected chi connectivity index (χ2v) is 8.51. The van der Waals surface area contributed by atoms with Crippen molar-refractivity contribution in [3.05, 3.63) is 103 Å². The van der Waals surface area contributed by atoms with Gasteiger partial charge in [-0.05, 0) is 42.0 Å². The normalized spacial score (nSPS) is 10.9. The lowest BCUT2D eigenvalue weighted by atomic mass is 10.2. The fraction of sp³-hybridized carbons (Fsp3) is 0.0800. The lowest BCUT2D eigenvalue weighted by Gasteiger charge is -2.10. The van der Waals surface area contributed by atoms with Crippen molar-refractivity contribution in [2.45, 2.75) is 11.7 Å². The van der Waals surface area contributed by atoms with Crippen LogP contribution in [0.1, 0.15) is 5.56 Å². The zero-order chi connectivity index (χ0) is 24.0. The van der Waals surface area contributed by atoms with E-state index in [2.05, 4.69) is 25.6 Å². The molecule has 0 atom stereocenters. The van der Waals surface area contributed by atoms with Crippen LogP contribution in [-0.2, 0) is 11.3 Å². The largest absolute Gasteiger partial charge is 0.292 e. The molecular formula is C25H20FN7OS. The molecule has 2 heterocycles. The Morgan fingerprint density at radius 3 is 2.37 bits per heavy atom. The summed E-state index contributed by atoms with van der Waals surface area (Å²) in [4.78, 5) is 16.8. The average molecular weight is 486 g/mol. The van der Waals surface area contributed by atoms with E-state index in [1.165, 1.54) is 23.9 Å². The molecule has 1 N–H and O–H groups in total. The summed E-state index contributed by atoms with van der Waals surface area (Å²) in [6.45, 7) is 0.560. The lowest BCUT2D eigenvalue weighted by Crippen LogP contribution is -2.16. The predicted molar refractivity (Wildman–Crippen MR) is 132 cm³/mol. The number of amides is 1. The van der Waals surface area contributed by atoms with Crippen LogP contribution in [0, 0.1) is 5.82 Å². The molecule has 0 spiro atoms.